The number of fused-ring (bicyclic) bond motifs is 3. The Kier molecular flexibility index (Phi) is 4.61. The molecule has 0 saturated carbocycles. The standard InChI is InChI=1S/C22H20N2O4/c23-22(27)15-8-4-9-16-20(15)21-17(10-5-11-18(21)28-13-19(25)26)24(16)12-14-6-2-1-3-7-14/h1-2,4-6,8-11H,3,7,12-13H2,(H2,23,27)(H,25,26). The van der Waals surface area contributed by atoms with Crippen LogP contribution in [0.25, 0.3) is 21.8 Å². The minimum absolute atomic E-state index is 0.394. The lowest BCUT2D eigenvalue weighted by Crippen LogP contribution is -2.11. The zero-order chi connectivity index (χ0) is 19.7. The molecule has 4 rings (SSSR count). The van der Waals surface area contributed by atoms with Crippen LogP contribution in [-0.2, 0) is 11.3 Å². The summed E-state index contributed by atoms with van der Waals surface area (Å²) in [6.07, 6.45) is 8.29. The van der Waals surface area contributed by atoms with Gasteiger partial charge in [0.15, 0.2) is 6.61 Å². The van der Waals surface area contributed by atoms with Crippen molar-refractivity contribution >= 4 is 33.7 Å². The molecule has 0 fully saturated rings. The van der Waals surface area contributed by atoms with Gasteiger partial charge in [-0.05, 0) is 37.1 Å². The molecule has 0 unspecified atom stereocenters. The van der Waals surface area contributed by atoms with Crippen molar-refractivity contribution in [2.45, 2.75) is 19.4 Å². The second kappa shape index (κ2) is 7.23. The first-order valence-corrected chi connectivity index (χ1v) is 9.09. The fourth-order valence-corrected chi connectivity index (χ4v) is 3.78. The molecule has 6 heteroatoms. The van der Waals surface area contributed by atoms with Gasteiger partial charge in [0.25, 0.3) is 0 Å². The van der Waals surface area contributed by atoms with E-state index in [4.69, 9.17) is 15.6 Å². The number of aromatic nitrogens is 1. The van der Waals surface area contributed by atoms with Crippen molar-refractivity contribution < 1.29 is 19.4 Å². The molecule has 1 aliphatic rings. The molecule has 3 aromatic rings. The summed E-state index contributed by atoms with van der Waals surface area (Å²) in [5.41, 5.74) is 9.05. The highest BCUT2D eigenvalue weighted by Gasteiger charge is 2.20. The Hall–Kier alpha value is -3.54. The van der Waals surface area contributed by atoms with Gasteiger partial charge in [0, 0.05) is 17.5 Å². The van der Waals surface area contributed by atoms with Crippen LogP contribution in [0.2, 0.25) is 0 Å². The van der Waals surface area contributed by atoms with E-state index in [1.807, 2.05) is 24.3 Å². The SMILES string of the molecule is NC(=O)c1cccc2c1c1c(OCC(=O)O)cccc1n2CC1=CC=CCC1. The third-order valence-corrected chi connectivity index (χ3v) is 4.96. The fraction of sp³-hybridized carbons (Fsp3) is 0.182. The molecule has 142 valence electrons. The molecular formula is C22H20N2O4. The van der Waals surface area contributed by atoms with Crippen molar-refractivity contribution in [3.63, 3.8) is 0 Å². The van der Waals surface area contributed by atoms with Gasteiger partial charge in [-0.25, -0.2) is 4.79 Å². The highest BCUT2D eigenvalue weighted by molar-refractivity contribution is 6.19. The number of primary amides is 1. The first kappa shape index (κ1) is 17.9. The summed E-state index contributed by atoms with van der Waals surface area (Å²) in [6, 6.07) is 10.9. The van der Waals surface area contributed by atoms with E-state index >= 15 is 0 Å². The number of rotatable bonds is 6. The highest BCUT2D eigenvalue weighted by atomic mass is 16.5. The second-order valence-corrected chi connectivity index (χ2v) is 6.77. The molecule has 3 N–H and O–H groups in total. The molecule has 1 aliphatic carbocycles. The Morgan fingerprint density at radius 1 is 1.11 bits per heavy atom. The maximum Gasteiger partial charge on any atom is 0.341 e. The maximum atomic E-state index is 12.1. The van der Waals surface area contributed by atoms with Gasteiger partial charge in [0.1, 0.15) is 5.75 Å². The molecule has 0 bridgehead atoms. The lowest BCUT2D eigenvalue weighted by Gasteiger charge is -2.13. The van der Waals surface area contributed by atoms with Crippen LogP contribution in [0.1, 0.15) is 23.2 Å². The lowest BCUT2D eigenvalue weighted by atomic mass is 10.0. The van der Waals surface area contributed by atoms with E-state index < -0.39 is 18.5 Å². The number of carbonyl (C=O) groups excluding carboxylic acids is 1. The minimum Gasteiger partial charge on any atom is -0.481 e. The number of hydrogen-bond donors (Lipinski definition) is 2. The number of nitrogens with two attached hydrogens (primary N) is 1. The van der Waals surface area contributed by atoms with Crippen LogP contribution in [0.4, 0.5) is 0 Å². The number of amides is 1. The number of carboxylic acids is 1. The summed E-state index contributed by atoms with van der Waals surface area (Å²) >= 11 is 0. The van der Waals surface area contributed by atoms with Gasteiger partial charge in [-0.15, -0.1) is 0 Å². The topological polar surface area (TPSA) is 94.6 Å². The first-order valence-electron chi connectivity index (χ1n) is 9.09. The van der Waals surface area contributed by atoms with Crippen LogP contribution in [0, 0.1) is 0 Å². The van der Waals surface area contributed by atoms with Gasteiger partial charge in [0.2, 0.25) is 5.91 Å². The molecular weight excluding hydrogens is 356 g/mol. The van der Waals surface area contributed by atoms with E-state index in [9.17, 15) is 9.59 Å². The minimum atomic E-state index is -1.06. The zero-order valence-corrected chi connectivity index (χ0v) is 15.2. The lowest BCUT2D eigenvalue weighted by molar-refractivity contribution is -0.139. The summed E-state index contributed by atoms with van der Waals surface area (Å²) in [6.45, 7) is 0.218. The molecule has 28 heavy (non-hydrogen) atoms. The third-order valence-electron chi connectivity index (χ3n) is 4.96. The second-order valence-electron chi connectivity index (χ2n) is 6.77. The van der Waals surface area contributed by atoms with Gasteiger partial charge in [-0.2, -0.15) is 0 Å². The number of hydrogen-bond acceptors (Lipinski definition) is 3. The number of aliphatic carboxylic acids is 1. The molecule has 0 spiro atoms. The Labute approximate surface area is 161 Å². The van der Waals surface area contributed by atoms with Crippen LogP contribution in [-0.4, -0.2) is 28.2 Å². The van der Waals surface area contributed by atoms with E-state index in [-0.39, 0.29) is 0 Å². The summed E-state index contributed by atoms with van der Waals surface area (Å²) in [5, 5.41) is 10.4. The Balaban J connectivity index is 2.00. The predicted molar refractivity (Wildman–Crippen MR) is 108 cm³/mol. The summed E-state index contributed by atoms with van der Waals surface area (Å²) < 4.78 is 7.67. The molecule has 0 aliphatic heterocycles. The van der Waals surface area contributed by atoms with E-state index in [0.29, 0.717) is 28.6 Å². The molecule has 0 radical (unpaired) electrons. The fourth-order valence-electron chi connectivity index (χ4n) is 3.78. The maximum absolute atomic E-state index is 12.1. The quantitative estimate of drug-likeness (QED) is 0.687. The predicted octanol–water partition coefficient (Wildman–Crippen LogP) is 3.63. The number of benzene rings is 2. The van der Waals surface area contributed by atoms with Gasteiger partial charge >= 0.3 is 5.97 Å². The first-order chi connectivity index (χ1) is 13.6. The van der Waals surface area contributed by atoms with Gasteiger partial charge < -0.3 is 20.1 Å². The van der Waals surface area contributed by atoms with Gasteiger partial charge in [0.05, 0.1) is 16.4 Å². The summed E-state index contributed by atoms with van der Waals surface area (Å²) in [5.74, 6) is -1.16. The van der Waals surface area contributed by atoms with Gasteiger partial charge in [-0.3, -0.25) is 4.79 Å². The largest absolute Gasteiger partial charge is 0.481 e. The molecule has 6 nitrogen and oxygen atoms in total. The molecule has 0 atom stereocenters. The molecule has 1 aromatic heterocycles. The van der Waals surface area contributed by atoms with E-state index in [1.54, 1.807) is 12.1 Å². The number of nitrogens with zero attached hydrogens (tertiary/aromatic N) is 1. The van der Waals surface area contributed by atoms with Crippen LogP contribution in [0.15, 0.2) is 60.2 Å². The number of carboxylic acid groups (broad SMARTS) is 1. The normalized spacial score (nSPS) is 13.6. The summed E-state index contributed by atoms with van der Waals surface area (Å²) in [4.78, 5) is 23.1. The van der Waals surface area contributed by atoms with Crippen molar-refractivity contribution in [2.24, 2.45) is 5.73 Å². The van der Waals surface area contributed by atoms with Crippen molar-refractivity contribution in [3.8, 4) is 5.75 Å². The Morgan fingerprint density at radius 2 is 1.86 bits per heavy atom. The van der Waals surface area contributed by atoms with Gasteiger partial charge in [-0.1, -0.05) is 35.9 Å². The van der Waals surface area contributed by atoms with Crippen LogP contribution < -0.4 is 10.5 Å². The third kappa shape index (κ3) is 3.13. The number of ether oxygens (including phenoxy) is 1. The summed E-state index contributed by atoms with van der Waals surface area (Å²) in [7, 11) is 0. The van der Waals surface area contributed by atoms with Crippen molar-refractivity contribution in [3.05, 3.63) is 65.8 Å². The monoisotopic (exact) mass is 376 g/mol. The van der Waals surface area contributed by atoms with Crippen LogP contribution in [0.5, 0.6) is 5.75 Å². The number of allylic oxidation sites excluding steroid dienone is 4. The van der Waals surface area contributed by atoms with E-state index in [2.05, 4.69) is 22.8 Å². The highest BCUT2D eigenvalue weighted by Crippen LogP contribution is 2.38. The van der Waals surface area contributed by atoms with Crippen molar-refractivity contribution in [2.75, 3.05) is 6.61 Å². The van der Waals surface area contributed by atoms with Crippen molar-refractivity contribution in [1.29, 1.82) is 0 Å². The molecule has 2 aromatic carbocycles. The number of carbonyl (C=O) groups is 2. The van der Waals surface area contributed by atoms with Crippen molar-refractivity contribution in [1.82, 2.24) is 4.57 Å². The molecule has 1 heterocycles. The average Bonchev–Trinajstić information content (AvgIpc) is 3.01. The molecule has 1 amide bonds. The zero-order valence-electron chi connectivity index (χ0n) is 15.2. The van der Waals surface area contributed by atoms with E-state index in [0.717, 1.165) is 23.9 Å². The van der Waals surface area contributed by atoms with E-state index in [1.165, 1.54) is 5.57 Å². The molecule has 0 saturated heterocycles. The average molecular weight is 376 g/mol. The van der Waals surface area contributed by atoms with Crippen LogP contribution in [0.3, 0.4) is 0 Å². The van der Waals surface area contributed by atoms with Crippen LogP contribution >= 0.6 is 0 Å². The smallest absolute Gasteiger partial charge is 0.341 e. The Morgan fingerprint density at radius 3 is 2.54 bits per heavy atom. The Bertz CT molecular complexity index is 1150.